The van der Waals surface area contributed by atoms with Crippen LogP contribution in [0.4, 0.5) is 0 Å². The summed E-state index contributed by atoms with van der Waals surface area (Å²) in [6.07, 6.45) is 3.29. The zero-order valence-electron chi connectivity index (χ0n) is 6.92. The van der Waals surface area contributed by atoms with Crippen molar-refractivity contribution < 1.29 is 15.0 Å². The van der Waals surface area contributed by atoms with Gasteiger partial charge in [-0.3, -0.25) is 0 Å². The summed E-state index contributed by atoms with van der Waals surface area (Å²) in [7, 11) is 0. The zero-order valence-corrected chi connectivity index (χ0v) is 6.92. The summed E-state index contributed by atoms with van der Waals surface area (Å²) in [4.78, 5) is 10.1. The predicted molar refractivity (Wildman–Crippen MR) is 42.4 cm³/mol. The SMILES string of the molecule is CCCCCC[C@@H](O)C(=O)O. The van der Waals surface area contributed by atoms with Crippen LogP contribution in [0.3, 0.4) is 0 Å². The molecule has 3 nitrogen and oxygen atoms in total. The van der Waals surface area contributed by atoms with E-state index in [-0.39, 0.29) is 0 Å². The molecule has 3 heteroatoms. The maximum atomic E-state index is 10.1. The molecule has 0 saturated carbocycles. The normalized spacial score (nSPS) is 12.9. The lowest BCUT2D eigenvalue weighted by molar-refractivity contribution is -0.146. The number of carboxylic acid groups (broad SMARTS) is 1. The van der Waals surface area contributed by atoms with Gasteiger partial charge in [0.2, 0.25) is 0 Å². The molecule has 0 radical (unpaired) electrons. The van der Waals surface area contributed by atoms with Crippen molar-refractivity contribution in [3.8, 4) is 0 Å². The highest BCUT2D eigenvalue weighted by Crippen LogP contribution is 2.05. The maximum absolute atomic E-state index is 10.1. The number of aliphatic hydroxyl groups excluding tert-OH is 1. The molecule has 0 amide bonds. The van der Waals surface area contributed by atoms with Gasteiger partial charge in [-0.2, -0.15) is 0 Å². The lowest BCUT2D eigenvalue weighted by Crippen LogP contribution is -2.18. The number of carboxylic acids is 1. The second-order valence-corrected chi connectivity index (χ2v) is 2.70. The van der Waals surface area contributed by atoms with E-state index < -0.39 is 12.1 Å². The summed E-state index contributed by atoms with van der Waals surface area (Å²) in [5, 5.41) is 17.1. The predicted octanol–water partition coefficient (Wildman–Crippen LogP) is 1.40. The van der Waals surface area contributed by atoms with Crippen LogP contribution < -0.4 is 0 Å². The molecule has 0 unspecified atom stereocenters. The van der Waals surface area contributed by atoms with E-state index in [1.54, 1.807) is 0 Å². The fourth-order valence-electron chi connectivity index (χ4n) is 0.888. The van der Waals surface area contributed by atoms with E-state index in [9.17, 15) is 4.79 Å². The number of aliphatic carboxylic acids is 1. The van der Waals surface area contributed by atoms with E-state index in [2.05, 4.69) is 6.92 Å². The van der Waals surface area contributed by atoms with Crippen LogP contribution in [0.1, 0.15) is 39.0 Å². The monoisotopic (exact) mass is 160 g/mol. The van der Waals surface area contributed by atoms with Crippen LogP contribution in [0, 0.1) is 0 Å². The molecule has 66 valence electrons. The molecule has 0 spiro atoms. The van der Waals surface area contributed by atoms with Crippen molar-refractivity contribution in [3.05, 3.63) is 0 Å². The highest BCUT2D eigenvalue weighted by molar-refractivity contribution is 5.71. The van der Waals surface area contributed by atoms with Crippen molar-refractivity contribution >= 4 is 5.97 Å². The van der Waals surface area contributed by atoms with Gasteiger partial charge in [0.05, 0.1) is 0 Å². The van der Waals surface area contributed by atoms with Crippen LogP contribution in [0.25, 0.3) is 0 Å². The number of aliphatic hydroxyl groups is 1. The first kappa shape index (κ1) is 10.4. The van der Waals surface area contributed by atoms with E-state index in [0.29, 0.717) is 6.42 Å². The molecule has 11 heavy (non-hydrogen) atoms. The van der Waals surface area contributed by atoms with Gasteiger partial charge < -0.3 is 10.2 Å². The summed E-state index contributed by atoms with van der Waals surface area (Å²) in [6, 6.07) is 0. The second-order valence-electron chi connectivity index (χ2n) is 2.70. The first-order valence-electron chi connectivity index (χ1n) is 4.09. The first-order chi connectivity index (χ1) is 5.18. The average Bonchev–Trinajstić information content (AvgIpc) is 1.97. The molecule has 0 saturated heterocycles. The standard InChI is InChI=1S/C8H16O3/c1-2-3-4-5-6-7(9)8(10)11/h7,9H,2-6H2,1H3,(H,10,11)/t7-/m1/s1. The number of carbonyl (C=O) groups is 1. The Morgan fingerprint density at radius 3 is 2.45 bits per heavy atom. The molecule has 0 aliphatic rings. The van der Waals surface area contributed by atoms with Crippen LogP contribution in [0.5, 0.6) is 0 Å². The quantitative estimate of drug-likeness (QED) is 0.577. The highest BCUT2D eigenvalue weighted by Gasteiger charge is 2.11. The van der Waals surface area contributed by atoms with Crippen molar-refractivity contribution in [1.29, 1.82) is 0 Å². The van der Waals surface area contributed by atoms with Gasteiger partial charge in [0, 0.05) is 0 Å². The van der Waals surface area contributed by atoms with Gasteiger partial charge in [0.1, 0.15) is 0 Å². The van der Waals surface area contributed by atoms with E-state index in [4.69, 9.17) is 10.2 Å². The van der Waals surface area contributed by atoms with Crippen LogP contribution in [-0.4, -0.2) is 22.3 Å². The van der Waals surface area contributed by atoms with Crippen molar-refractivity contribution in [3.63, 3.8) is 0 Å². The van der Waals surface area contributed by atoms with Gasteiger partial charge in [-0.25, -0.2) is 4.79 Å². The Bertz CT molecular complexity index is 112. The smallest absolute Gasteiger partial charge is 0.332 e. The number of unbranched alkanes of at least 4 members (excludes halogenated alkanes) is 3. The van der Waals surface area contributed by atoms with Gasteiger partial charge in [-0.15, -0.1) is 0 Å². The van der Waals surface area contributed by atoms with Gasteiger partial charge in [0.25, 0.3) is 0 Å². The largest absolute Gasteiger partial charge is 0.479 e. The molecule has 2 N–H and O–H groups in total. The lowest BCUT2D eigenvalue weighted by atomic mass is 10.1. The Kier molecular flexibility index (Phi) is 5.84. The number of rotatable bonds is 6. The van der Waals surface area contributed by atoms with Gasteiger partial charge in [-0.05, 0) is 6.42 Å². The molecule has 0 rings (SSSR count). The van der Waals surface area contributed by atoms with E-state index >= 15 is 0 Å². The molecule has 0 aromatic heterocycles. The Morgan fingerprint density at radius 1 is 1.36 bits per heavy atom. The molecule has 0 aromatic carbocycles. The summed E-state index contributed by atoms with van der Waals surface area (Å²) in [5.74, 6) is -1.11. The third-order valence-corrected chi connectivity index (χ3v) is 1.62. The van der Waals surface area contributed by atoms with Crippen molar-refractivity contribution in [1.82, 2.24) is 0 Å². The molecule has 0 aromatic rings. The summed E-state index contributed by atoms with van der Waals surface area (Å²) >= 11 is 0. The number of hydrogen-bond donors (Lipinski definition) is 2. The Labute approximate surface area is 67.0 Å². The summed E-state index contributed by atoms with van der Waals surface area (Å²) in [6.45, 7) is 2.09. The minimum Gasteiger partial charge on any atom is -0.479 e. The topological polar surface area (TPSA) is 57.5 Å². The van der Waals surface area contributed by atoms with Crippen molar-refractivity contribution in [2.45, 2.75) is 45.1 Å². The summed E-state index contributed by atoms with van der Waals surface area (Å²) < 4.78 is 0. The molecule has 0 aliphatic carbocycles. The van der Waals surface area contributed by atoms with Crippen molar-refractivity contribution in [2.24, 2.45) is 0 Å². The Morgan fingerprint density at radius 2 is 2.00 bits per heavy atom. The van der Waals surface area contributed by atoms with Gasteiger partial charge >= 0.3 is 5.97 Å². The molecular formula is C8H16O3. The molecule has 0 bridgehead atoms. The highest BCUT2D eigenvalue weighted by atomic mass is 16.4. The zero-order chi connectivity index (χ0) is 8.69. The van der Waals surface area contributed by atoms with Gasteiger partial charge in [0.15, 0.2) is 6.10 Å². The average molecular weight is 160 g/mol. The van der Waals surface area contributed by atoms with E-state index in [0.717, 1.165) is 25.7 Å². The lowest BCUT2D eigenvalue weighted by Gasteiger charge is -2.03. The third-order valence-electron chi connectivity index (χ3n) is 1.62. The molecule has 0 fully saturated rings. The van der Waals surface area contributed by atoms with E-state index in [1.807, 2.05) is 0 Å². The minimum atomic E-state index is -1.16. The molecule has 0 heterocycles. The fraction of sp³-hybridized carbons (Fsp3) is 0.875. The molecular weight excluding hydrogens is 144 g/mol. The van der Waals surface area contributed by atoms with Crippen LogP contribution in [0.15, 0.2) is 0 Å². The second kappa shape index (κ2) is 6.16. The maximum Gasteiger partial charge on any atom is 0.332 e. The first-order valence-corrected chi connectivity index (χ1v) is 4.09. The Hall–Kier alpha value is -0.570. The summed E-state index contributed by atoms with van der Waals surface area (Å²) in [5.41, 5.74) is 0. The number of hydrogen-bond acceptors (Lipinski definition) is 2. The molecule has 0 aliphatic heterocycles. The Balaban J connectivity index is 3.17. The van der Waals surface area contributed by atoms with Crippen LogP contribution in [0.2, 0.25) is 0 Å². The van der Waals surface area contributed by atoms with E-state index in [1.165, 1.54) is 0 Å². The molecule has 1 atom stereocenters. The third kappa shape index (κ3) is 5.85. The van der Waals surface area contributed by atoms with Gasteiger partial charge in [-0.1, -0.05) is 32.6 Å². The fourth-order valence-corrected chi connectivity index (χ4v) is 0.888. The minimum absolute atomic E-state index is 0.384. The van der Waals surface area contributed by atoms with Crippen molar-refractivity contribution in [2.75, 3.05) is 0 Å². The van der Waals surface area contributed by atoms with Crippen LogP contribution >= 0.6 is 0 Å². The van der Waals surface area contributed by atoms with Crippen LogP contribution in [-0.2, 0) is 4.79 Å².